The van der Waals surface area contributed by atoms with Crippen molar-refractivity contribution in [3.63, 3.8) is 0 Å². The zero-order valence-electron chi connectivity index (χ0n) is 14.1. The van der Waals surface area contributed by atoms with Crippen molar-refractivity contribution in [2.75, 3.05) is 0 Å². The van der Waals surface area contributed by atoms with Gasteiger partial charge in [-0.1, -0.05) is 20.8 Å². The van der Waals surface area contributed by atoms with Crippen LogP contribution in [0.1, 0.15) is 57.9 Å². The lowest BCUT2D eigenvalue weighted by molar-refractivity contribution is 0.0833. The SMILES string of the molecule is CC(C)(C)[C@H]1CCc2sc(C(=O)NNC(=O)c3ccco3)cc2C1. The van der Waals surface area contributed by atoms with E-state index < -0.39 is 5.91 Å². The first kappa shape index (κ1) is 16.8. The van der Waals surface area contributed by atoms with Gasteiger partial charge in [0, 0.05) is 4.88 Å². The summed E-state index contributed by atoms with van der Waals surface area (Å²) >= 11 is 1.52. The molecule has 0 bridgehead atoms. The molecule has 24 heavy (non-hydrogen) atoms. The van der Waals surface area contributed by atoms with E-state index >= 15 is 0 Å². The predicted octanol–water partition coefficient (Wildman–Crippen LogP) is 3.57. The minimum atomic E-state index is -0.470. The van der Waals surface area contributed by atoms with Gasteiger partial charge in [-0.15, -0.1) is 11.3 Å². The van der Waals surface area contributed by atoms with Crippen molar-refractivity contribution in [1.82, 2.24) is 10.9 Å². The van der Waals surface area contributed by atoms with Crippen molar-refractivity contribution >= 4 is 23.2 Å². The number of amides is 2. The van der Waals surface area contributed by atoms with E-state index in [1.165, 1.54) is 34.1 Å². The third-order valence-corrected chi connectivity index (χ3v) is 5.80. The molecule has 0 aromatic carbocycles. The van der Waals surface area contributed by atoms with E-state index in [0.29, 0.717) is 10.8 Å². The van der Waals surface area contributed by atoms with Crippen LogP contribution in [0, 0.1) is 11.3 Å². The zero-order chi connectivity index (χ0) is 17.3. The summed E-state index contributed by atoms with van der Waals surface area (Å²) in [5.41, 5.74) is 6.37. The van der Waals surface area contributed by atoms with E-state index in [4.69, 9.17) is 4.42 Å². The molecule has 0 unspecified atom stereocenters. The van der Waals surface area contributed by atoms with Crippen molar-refractivity contribution < 1.29 is 14.0 Å². The number of furan rings is 1. The number of hydrogen-bond acceptors (Lipinski definition) is 4. The molecule has 0 aliphatic heterocycles. The van der Waals surface area contributed by atoms with Crippen LogP contribution < -0.4 is 10.9 Å². The number of aryl methyl sites for hydroxylation is 1. The summed E-state index contributed by atoms with van der Waals surface area (Å²) in [7, 11) is 0. The molecular formula is C18H22N2O3S. The average molecular weight is 346 g/mol. The molecule has 2 heterocycles. The van der Waals surface area contributed by atoms with Gasteiger partial charge in [-0.3, -0.25) is 20.4 Å². The fourth-order valence-corrected chi connectivity index (χ4v) is 4.12. The largest absolute Gasteiger partial charge is 0.459 e. The maximum Gasteiger partial charge on any atom is 0.305 e. The zero-order valence-corrected chi connectivity index (χ0v) is 15.0. The van der Waals surface area contributed by atoms with Crippen molar-refractivity contribution in [2.45, 2.75) is 40.0 Å². The molecule has 5 nitrogen and oxygen atoms in total. The van der Waals surface area contributed by atoms with Gasteiger partial charge in [-0.2, -0.15) is 0 Å². The standard InChI is InChI=1S/C18H22N2O3S/c1-18(2,3)12-6-7-14-11(9-12)10-15(24-14)17(22)20-19-16(21)13-5-4-8-23-13/h4-5,8,10,12H,6-7,9H2,1-3H3,(H,19,21)(H,20,22)/t12-/m0/s1. The first-order valence-corrected chi connectivity index (χ1v) is 8.92. The number of hydrazine groups is 1. The van der Waals surface area contributed by atoms with E-state index in [2.05, 4.69) is 31.6 Å². The maximum absolute atomic E-state index is 12.3. The highest BCUT2D eigenvalue weighted by atomic mass is 32.1. The third-order valence-electron chi connectivity index (χ3n) is 4.57. The molecule has 1 aliphatic rings. The van der Waals surface area contributed by atoms with E-state index in [1.807, 2.05) is 6.07 Å². The van der Waals surface area contributed by atoms with Gasteiger partial charge < -0.3 is 4.42 Å². The molecule has 3 rings (SSSR count). The van der Waals surface area contributed by atoms with Crippen LogP contribution in [-0.2, 0) is 12.8 Å². The molecular weight excluding hydrogens is 324 g/mol. The number of nitrogens with one attached hydrogen (secondary N) is 2. The van der Waals surface area contributed by atoms with Gasteiger partial charge in [0.1, 0.15) is 0 Å². The van der Waals surface area contributed by atoms with Crippen LogP contribution in [0.15, 0.2) is 28.9 Å². The Bertz CT molecular complexity index is 741. The van der Waals surface area contributed by atoms with E-state index in [-0.39, 0.29) is 17.1 Å². The first-order valence-electron chi connectivity index (χ1n) is 8.10. The summed E-state index contributed by atoms with van der Waals surface area (Å²) in [6.45, 7) is 6.81. The highest BCUT2D eigenvalue weighted by molar-refractivity contribution is 7.14. The van der Waals surface area contributed by atoms with Gasteiger partial charge >= 0.3 is 5.91 Å². The fourth-order valence-electron chi connectivity index (χ4n) is 3.02. The Morgan fingerprint density at radius 3 is 2.67 bits per heavy atom. The van der Waals surface area contributed by atoms with E-state index in [1.54, 1.807) is 6.07 Å². The number of fused-ring (bicyclic) bond motifs is 1. The molecule has 2 aromatic heterocycles. The summed E-state index contributed by atoms with van der Waals surface area (Å²) in [5.74, 6) is 0.0343. The molecule has 2 amide bonds. The maximum atomic E-state index is 12.3. The normalized spacial score (nSPS) is 17.2. The molecule has 1 atom stereocenters. The number of thiophene rings is 1. The second-order valence-corrected chi connectivity index (χ2v) is 8.39. The van der Waals surface area contributed by atoms with Gasteiger partial charge in [0.2, 0.25) is 0 Å². The Kier molecular flexibility index (Phi) is 4.49. The Labute approximate surface area is 145 Å². The van der Waals surface area contributed by atoms with Crippen LogP contribution in [0.4, 0.5) is 0 Å². The first-order chi connectivity index (χ1) is 11.3. The molecule has 2 aromatic rings. The minimum absolute atomic E-state index is 0.161. The second-order valence-electron chi connectivity index (χ2n) is 7.25. The topological polar surface area (TPSA) is 71.3 Å². The monoisotopic (exact) mass is 346 g/mol. The quantitative estimate of drug-likeness (QED) is 0.817. The number of rotatable bonds is 2. The van der Waals surface area contributed by atoms with Crippen LogP contribution in [0.5, 0.6) is 0 Å². The smallest absolute Gasteiger partial charge is 0.305 e. The molecule has 0 saturated carbocycles. The molecule has 6 heteroatoms. The third kappa shape index (κ3) is 3.53. The van der Waals surface area contributed by atoms with Crippen molar-refractivity contribution in [2.24, 2.45) is 11.3 Å². The van der Waals surface area contributed by atoms with Crippen LogP contribution in [0.2, 0.25) is 0 Å². The molecule has 2 N–H and O–H groups in total. The number of carbonyl (C=O) groups excluding carboxylic acids is 2. The van der Waals surface area contributed by atoms with Gasteiger partial charge in [0.05, 0.1) is 11.1 Å². The van der Waals surface area contributed by atoms with E-state index in [9.17, 15) is 9.59 Å². The summed E-state index contributed by atoms with van der Waals surface area (Å²) < 4.78 is 4.98. The number of hydrogen-bond donors (Lipinski definition) is 2. The molecule has 0 fully saturated rings. The predicted molar refractivity (Wildman–Crippen MR) is 92.9 cm³/mol. The van der Waals surface area contributed by atoms with E-state index in [0.717, 1.165) is 19.3 Å². The lowest BCUT2D eigenvalue weighted by atomic mass is 9.72. The van der Waals surface area contributed by atoms with Crippen LogP contribution >= 0.6 is 11.3 Å². The number of carbonyl (C=O) groups is 2. The Morgan fingerprint density at radius 2 is 2.00 bits per heavy atom. The van der Waals surface area contributed by atoms with Crippen molar-refractivity contribution in [1.29, 1.82) is 0 Å². The summed E-state index contributed by atoms with van der Waals surface area (Å²) in [6.07, 6.45) is 4.61. The Hall–Kier alpha value is -2.08. The van der Waals surface area contributed by atoms with Gasteiger partial charge in [-0.25, -0.2) is 0 Å². The Balaban J connectivity index is 1.63. The molecule has 0 radical (unpaired) electrons. The summed E-state index contributed by atoms with van der Waals surface area (Å²) in [4.78, 5) is 26.0. The highest BCUT2D eigenvalue weighted by Crippen LogP contribution is 2.40. The summed E-state index contributed by atoms with van der Waals surface area (Å²) in [5, 5.41) is 0. The molecule has 0 spiro atoms. The van der Waals surface area contributed by atoms with Crippen LogP contribution in [0.25, 0.3) is 0 Å². The lowest BCUT2D eigenvalue weighted by Gasteiger charge is -2.33. The van der Waals surface area contributed by atoms with Crippen LogP contribution in [-0.4, -0.2) is 11.8 Å². The van der Waals surface area contributed by atoms with Crippen LogP contribution in [0.3, 0.4) is 0 Å². The fraction of sp³-hybridized carbons (Fsp3) is 0.444. The van der Waals surface area contributed by atoms with Crippen molar-refractivity contribution in [3.05, 3.63) is 45.5 Å². The Morgan fingerprint density at radius 1 is 1.25 bits per heavy atom. The van der Waals surface area contributed by atoms with Crippen molar-refractivity contribution in [3.8, 4) is 0 Å². The van der Waals surface area contributed by atoms with Gasteiger partial charge in [0.15, 0.2) is 5.76 Å². The molecule has 0 saturated heterocycles. The average Bonchev–Trinajstić information content (AvgIpc) is 3.19. The minimum Gasteiger partial charge on any atom is -0.459 e. The summed E-state index contributed by atoms with van der Waals surface area (Å²) in [6, 6.07) is 5.12. The lowest BCUT2D eigenvalue weighted by Crippen LogP contribution is -2.41. The molecule has 1 aliphatic carbocycles. The molecule has 128 valence electrons. The second kappa shape index (κ2) is 6.43. The highest BCUT2D eigenvalue weighted by Gasteiger charge is 2.30. The van der Waals surface area contributed by atoms with Gasteiger partial charge in [0.25, 0.3) is 5.91 Å². The van der Waals surface area contributed by atoms with Gasteiger partial charge in [-0.05, 0) is 54.4 Å².